The van der Waals surface area contributed by atoms with Crippen LogP contribution in [0.25, 0.3) is 0 Å². The minimum atomic E-state index is 0.610. The summed E-state index contributed by atoms with van der Waals surface area (Å²) in [5.41, 5.74) is 2.18. The van der Waals surface area contributed by atoms with Gasteiger partial charge in [0.25, 0.3) is 0 Å². The fraction of sp³-hybridized carbons (Fsp3) is 0. The second-order valence-electron chi connectivity index (χ2n) is 3.20. The van der Waals surface area contributed by atoms with E-state index in [4.69, 9.17) is 0 Å². The number of pyridine rings is 1. The first-order valence-corrected chi connectivity index (χ1v) is 4.86. The van der Waals surface area contributed by atoms with E-state index in [1.54, 1.807) is 18.5 Å². The highest BCUT2D eigenvalue weighted by atomic mass is 16.1. The Morgan fingerprint density at radius 3 is 2.69 bits per heavy atom. The number of aldehydes is 1. The maximum Gasteiger partial charge on any atom is 0.151 e. The Morgan fingerprint density at radius 1 is 1.06 bits per heavy atom. The van der Waals surface area contributed by atoms with Gasteiger partial charge in [0.05, 0.1) is 0 Å². The van der Waals surface area contributed by atoms with E-state index >= 15 is 0 Å². The lowest BCUT2D eigenvalue weighted by Crippen LogP contribution is -1.85. The topological polar surface area (TPSA) is 30.0 Å². The molecule has 2 nitrogen and oxygen atoms in total. The summed E-state index contributed by atoms with van der Waals surface area (Å²) in [5, 5.41) is 0. The molecule has 0 aliphatic carbocycles. The van der Waals surface area contributed by atoms with Crippen LogP contribution in [-0.2, 0) is 0 Å². The molecule has 0 bridgehead atoms. The van der Waals surface area contributed by atoms with Crippen LogP contribution in [0.2, 0.25) is 0 Å². The van der Waals surface area contributed by atoms with Gasteiger partial charge in [0.1, 0.15) is 0 Å². The Labute approximate surface area is 94.0 Å². The Morgan fingerprint density at radius 2 is 1.94 bits per heavy atom. The van der Waals surface area contributed by atoms with Gasteiger partial charge in [0.15, 0.2) is 6.29 Å². The smallest absolute Gasteiger partial charge is 0.151 e. The monoisotopic (exact) mass is 207 g/mol. The summed E-state index contributed by atoms with van der Waals surface area (Å²) in [7, 11) is 0. The van der Waals surface area contributed by atoms with Crippen LogP contribution in [0.5, 0.6) is 0 Å². The molecule has 0 spiro atoms. The van der Waals surface area contributed by atoms with Crippen LogP contribution in [0.4, 0.5) is 0 Å². The quantitative estimate of drug-likeness (QED) is 0.530. The predicted octanol–water partition coefficient (Wildman–Crippen LogP) is 2.29. The average molecular weight is 207 g/mol. The Hall–Kier alpha value is -2.40. The van der Waals surface area contributed by atoms with Crippen molar-refractivity contribution >= 4 is 6.29 Å². The molecule has 0 atom stereocenters. The molecule has 16 heavy (non-hydrogen) atoms. The summed E-state index contributed by atoms with van der Waals surface area (Å²) in [6.07, 6.45) is 4.20. The molecule has 0 saturated carbocycles. The van der Waals surface area contributed by atoms with E-state index in [1.807, 2.05) is 30.3 Å². The van der Waals surface area contributed by atoms with E-state index in [9.17, 15) is 4.79 Å². The summed E-state index contributed by atoms with van der Waals surface area (Å²) in [4.78, 5) is 14.7. The maximum absolute atomic E-state index is 10.8. The van der Waals surface area contributed by atoms with Crippen LogP contribution in [0.3, 0.4) is 0 Å². The number of carbonyl (C=O) groups excluding carboxylic acids is 1. The lowest BCUT2D eigenvalue weighted by molar-refractivity contribution is 0.112. The van der Waals surface area contributed by atoms with Crippen molar-refractivity contribution in [2.24, 2.45) is 0 Å². The summed E-state index contributed by atoms with van der Waals surface area (Å²) >= 11 is 0. The zero-order valence-corrected chi connectivity index (χ0v) is 8.55. The van der Waals surface area contributed by atoms with Crippen molar-refractivity contribution in [3.63, 3.8) is 0 Å². The number of hydrogen-bond acceptors (Lipinski definition) is 2. The van der Waals surface area contributed by atoms with Crippen LogP contribution < -0.4 is 0 Å². The third-order valence-electron chi connectivity index (χ3n) is 2.09. The summed E-state index contributed by atoms with van der Waals surface area (Å²) in [6, 6.07) is 11.0. The van der Waals surface area contributed by atoms with Gasteiger partial charge < -0.3 is 0 Å². The highest BCUT2D eigenvalue weighted by molar-refractivity contribution is 5.79. The number of benzene rings is 1. The molecule has 0 N–H and O–H groups in total. The molecular formula is C14H9NO. The summed E-state index contributed by atoms with van der Waals surface area (Å²) in [6.45, 7) is 0. The van der Waals surface area contributed by atoms with Crippen molar-refractivity contribution in [3.05, 3.63) is 65.5 Å². The molecule has 2 heteroatoms. The first-order valence-electron chi connectivity index (χ1n) is 4.86. The van der Waals surface area contributed by atoms with E-state index in [1.165, 1.54) is 0 Å². The molecule has 1 heterocycles. The largest absolute Gasteiger partial charge is 0.298 e. The first kappa shape index (κ1) is 10.1. The summed E-state index contributed by atoms with van der Waals surface area (Å²) in [5.74, 6) is 5.92. The minimum absolute atomic E-state index is 0.610. The number of carbonyl (C=O) groups is 1. The van der Waals surface area contributed by atoms with Crippen LogP contribution >= 0.6 is 0 Å². The van der Waals surface area contributed by atoms with E-state index < -0.39 is 0 Å². The molecule has 0 saturated heterocycles. The zero-order valence-electron chi connectivity index (χ0n) is 8.55. The first-order chi connectivity index (χ1) is 7.90. The fourth-order valence-corrected chi connectivity index (χ4v) is 1.29. The van der Waals surface area contributed by atoms with Gasteiger partial charge >= 0.3 is 0 Å². The number of nitrogens with zero attached hydrogens (tertiary/aromatic N) is 1. The summed E-state index contributed by atoms with van der Waals surface area (Å²) < 4.78 is 0. The van der Waals surface area contributed by atoms with E-state index in [2.05, 4.69) is 16.8 Å². The third kappa shape index (κ3) is 2.34. The van der Waals surface area contributed by atoms with Crippen LogP contribution in [0.1, 0.15) is 21.5 Å². The average Bonchev–Trinajstić information content (AvgIpc) is 2.38. The van der Waals surface area contributed by atoms with Gasteiger partial charge in [-0.05, 0) is 18.2 Å². The molecule has 76 valence electrons. The maximum atomic E-state index is 10.8. The van der Waals surface area contributed by atoms with Crippen molar-refractivity contribution in [2.75, 3.05) is 0 Å². The van der Waals surface area contributed by atoms with Gasteiger partial charge in [-0.15, -0.1) is 0 Å². The molecule has 0 radical (unpaired) electrons. The molecule has 0 aliphatic rings. The molecule has 0 aliphatic heterocycles. The Kier molecular flexibility index (Phi) is 3.10. The van der Waals surface area contributed by atoms with E-state index in [0.717, 1.165) is 17.4 Å². The van der Waals surface area contributed by atoms with Gasteiger partial charge in [-0.1, -0.05) is 30.0 Å². The van der Waals surface area contributed by atoms with Gasteiger partial charge in [0.2, 0.25) is 0 Å². The number of aromatic nitrogens is 1. The number of hydrogen-bond donors (Lipinski definition) is 0. The SMILES string of the molecule is O=Cc1ccccc1C#Cc1cccnc1. The van der Waals surface area contributed by atoms with Crippen molar-refractivity contribution in [1.29, 1.82) is 0 Å². The third-order valence-corrected chi connectivity index (χ3v) is 2.09. The van der Waals surface area contributed by atoms with E-state index in [-0.39, 0.29) is 0 Å². The van der Waals surface area contributed by atoms with E-state index in [0.29, 0.717) is 5.56 Å². The van der Waals surface area contributed by atoms with Gasteiger partial charge in [-0.2, -0.15) is 0 Å². The Bertz CT molecular complexity index is 550. The van der Waals surface area contributed by atoms with Gasteiger partial charge in [-0.3, -0.25) is 9.78 Å². The number of rotatable bonds is 1. The molecule has 2 aromatic rings. The van der Waals surface area contributed by atoms with Crippen molar-refractivity contribution in [2.45, 2.75) is 0 Å². The predicted molar refractivity (Wildman–Crippen MR) is 62.0 cm³/mol. The van der Waals surface area contributed by atoms with Crippen molar-refractivity contribution in [1.82, 2.24) is 4.98 Å². The second-order valence-corrected chi connectivity index (χ2v) is 3.20. The standard InChI is InChI=1S/C14H9NO/c16-11-14-6-2-1-5-13(14)8-7-12-4-3-9-15-10-12/h1-6,9-11H. The van der Waals surface area contributed by atoms with Crippen LogP contribution in [0.15, 0.2) is 48.8 Å². The lowest BCUT2D eigenvalue weighted by Gasteiger charge is -1.93. The van der Waals surface area contributed by atoms with Crippen molar-refractivity contribution in [3.8, 4) is 11.8 Å². The van der Waals surface area contributed by atoms with Crippen LogP contribution in [0, 0.1) is 11.8 Å². The second kappa shape index (κ2) is 4.90. The highest BCUT2D eigenvalue weighted by Crippen LogP contribution is 2.04. The van der Waals surface area contributed by atoms with Gasteiger partial charge in [0, 0.05) is 29.1 Å². The van der Waals surface area contributed by atoms with Crippen LogP contribution in [-0.4, -0.2) is 11.3 Å². The minimum Gasteiger partial charge on any atom is -0.298 e. The molecule has 0 amide bonds. The normalized spacial score (nSPS) is 9.00. The molecule has 1 aromatic carbocycles. The molecule has 0 unspecified atom stereocenters. The highest BCUT2D eigenvalue weighted by Gasteiger charge is 1.95. The zero-order chi connectivity index (χ0) is 11.2. The fourth-order valence-electron chi connectivity index (χ4n) is 1.29. The molecule has 1 aromatic heterocycles. The van der Waals surface area contributed by atoms with Crippen molar-refractivity contribution < 1.29 is 4.79 Å². The van der Waals surface area contributed by atoms with Gasteiger partial charge in [-0.25, -0.2) is 0 Å². The molecule has 2 rings (SSSR count). The molecular weight excluding hydrogens is 198 g/mol. The Balaban J connectivity index is 2.34. The lowest BCUT2D eigenvalue weighted by atomic mass is 10.1. The molecule has 0 fully saturated rings.